The summed E-state index contributed by atoms with van der Waals surface area (Å²) < 4.78 is 20.0. The van der Waals surface area contributed by atoms with Gasteiger partial charge in [-0.15, -0.1) is 0 Å². The van der Waals surface area contributed by atoms with E-state index in [9.17, 15) is 9.18 Å². The topological polar surface area (TPSA) is 79.4 Å². The third-order valence-corrected chi connectivity index (χ3v) is 4.44. The van der Waals surface area contributed by atoms with Crippen LogP contribution >= 0.6 is 0 Å². The zero-order valence-corrected chi connectivity index (χ0v) is 18.4. The molecule has 1 aromatic heterocycles. The highest BCUT2D eigenvalue weighted by Crippen LogP contribution is 2.23. The van der Waals surface area contributed by atoms with Gasteiger partial charge in [-0.25, -0.2) is 9.37 Å². The molecule has 2 aromatic carbocycles. The number of Topliss-reactive ketones (excluding diaryl/α,β-unsaturated/α-hetero) is 1. The van der Waals surface area contributed by atoms with Crippen LogP contribution < -0.4 is 15.4 Å². The number of nitrogens with zero attached hydrogens (tertiary/aromatic N) is 3. The molecule has 7 nitrogen and oxygen atoms in total. The minimum absolute atomic E-state index is 0.0138. The number of allylic oxidation sites excluding steroid dienone is 1. The molecule has 0 saturated carbocycles. The Morgan fingerprint density at radius 3 is 2.56 bits per heavy atom. The molecule has 3 rings (SSSR count). The minimum atomic E-state index is -0.599. The first-order valence-electron chi connectivity index (χ1n) is 10.1. The molecule has 0 saturated heterocycles. The second-order valence-corrected chi connectivity index (χ2v) is 7.51. The molecule has 1 heterocycles. The molecule has 2 N–H and O–H groups in total. The SMILES string of the molecule is C=C(C)C(=O)c1ccc(Nc2nc(Nc3cccc(OCCN(C)C)c3)ncc2F)cc1. The minimum Gasteiger partial charge on any atom is -0.492 e. The third kappa shape index (κ3) is 6.36. The van der Waals surface area contributed by atoms with Crippen LogP contribution in [0.1, 0.15) is 17.3 Å². The summed E-state index contributed by atoms with van der Waals surface area (Å²) in [6.45, 7) is 6.68. The van der Waals surface area contributed by atoms with Crippen LogP contribution in [0.2, 0.25) is 0 Å². The third-order valence-electron chi connectivity index (χ3n) is 4.44. The Hall–Kier alpha value is -3.78. The van der Waals surface area contributed by atoms with Crippen LogP contribution in [0.5, 0.6) is 5.75 Å². The largest absolute Gasteiger partial charge is 0.492 e. The van der Waals surface area contributed by atoms with Crippen LogP contribution in [-0.4, -0.2) is 47.9 Å². The highest BCUT2D eigenvalue weighted by atomic mass is 19.1. The van der Waals surface area contributed by atoms with Crippen molar-refractivity contribution in [3.05, 3.63) is 78.3 Å². The van der Waals surface area contributed by atoms with Crippen LogP contribution in [0, 0.1) is 5.82 Å². The van der Waals surface area contributed by atoms with Crippen molar-refractivity contribution in [3.8, 4) is 5.75 Å². The highest BCUT2D eigenvalue weighted by Gasteiger charge is 2.10. The molecule has 8 heteroatoms. The number of hydrogen-bond acceptors (Lipinski definition) is 7. The van der Waals surface area contributed by atoms with Gasteiger partial charge in [-0.1, -0.05) is 12.6 Å². The number of anilines is 4. The Labute approximate surface area is 187 Å². The number of hydrogen-bond donors (Lipinski definition) is 2. The summed E-state index contributed by atoms with van der Waals surface area (Å²) in [5.41, 5.74) is 2.27. The quantitative estimate of drug-likeness (QED) is 0.350. The first-order chi connectivity index (χ1) is 15.3. The molecule has 0 aliphatic carbocycles. The molecule has 0 atom stereocenters. The lowest BCUT2D eigenvalue weighted by molar-refractivity contribution is 0.103. The van der Waals surface area contributed by atoms with Crippen molar-refractivity contribution in [3.63, 3.8) is 0 Å². The van der Waals surface area contributed by atoms with Crippen LogP contribution in [0.15, 0.2) is 66.9 Å². The van der Waals surface area contributed by atoms with Gasteiger partial charge in [0.05, 0.1) is 6.20 Å². The Morgan fingerprint density at radius 2 is 1.88 bits per heavy atom. The van der Waals surface area contributed by atoms with Crippen molar-refractivity contribution >= 4 is 28.9 Å². The second kappa shape index (κ2) is 10.5. The van der Waals surface area contributed by atoms with Crippen molar-refractivity contribution < 1.29 is 13.9 Å². The van der Waals surface area contributed by atoms with Gasteiger partial charge in [-0.2, -0.15) is 4.98 Å². The fourth-order valence-corrected chi connectivity index (χ4v) is 2.74. The van der Waals surface area contributed by atoms with E-state index < -0.39 is 5.82 Å². The number of aromatic nitrogens is 2. The van der Waals surface area contributed by atoms with Crippen molar-refractivity contribution in [2.45, 2.75) is 6.92 Å². The summed E-state index contributed by atoms with van der Waals surface area (Å²) in [6.07, 6.45) is 1.09. The molecule has 0 bridgehead atoms. The summed E-state index contributed by atoms with van der Waals surface area (Å²) in [4.78, 5) is 22.3. The molecule has 0 spiro atoms. The highest BCUT2D eigenvalue weighted by molar-refractivity contribution is 6.08. The molecule has 0 aliphatic rings. The Kier molecular flexibility index (Phi) is 7.51. The first kappa shape index (κ1) is 22.9. The van der Waals surface area contributed by atoms with E-state index in [-0.39, 0.29) is 17.5 Å². The van der Waals surface area contributed by atoms with E-state index in [0.29, 0.717) is 34.9 Å². The number of ketones is 1. The summed E-state index contributed by atoms with van der Waals surface area (Å²) in [5.74, 6) is 0.220. The summed E-state index contributed by atoms with van der Waals surface area (Å²) in [6, 6.07) is 14.0. The maximum absolute atomic E-state index is 14.3. The van der Waals surface area contributed by atoms with Gasteiger partial charge in [0.1, 0.15) is 12.4 Å². The average Bonchev–Trinajstić information content (AvgIpc) is 2.76. The lowest BCUT2D eigenvalue weighted by Gasteiger charge is -2.12. The number of benzene rings is 2. The van der Waals surface area contributed by atoms with Gasteiger partial charge >= 0.3 is 0 Å². The zero-order valence-electron chi connectivity index (χ0n) is 18.4. The van der Waals surface area contributed by atoms with Gasteiger partial charge in [0.2, 0.25) is 5.95 Å². The lowest BCUT2D eigenvalue weighted by Crippen LogP contribution is -2.19. The van der Waals surface area contributed by atoms with Crippen molar-refractivity contribution in [2.75, 3.05) is 37.9 Å². The monoisotopic (exact) mass is 435 g/mol. The lowest BCUT2D eigenvalue weighted by atomic mass is 10.1. The van der Waals surface area contributed by atoms with E-state index in [1.54, 1.807) is 31.2 Å². The molecule has 32 heavy (non-hydrogen) atoms. The maximum atomic E-state index is 14.3. The van der Waals surface area contributed by atoms with E-state index >= 15 is 0 Å². The molecule has 3 aromatic rings. The van der Waals surface area contributed by atoms with Gasteiger partial charge < -0.3 is 20.3 Å². The van der Waals surface area contributed by atoms with Crippen LogP contribution in [0.4, 0.5) is 27.5 Å². The predicted octanol–water partition coefficient (Wildman–Crippen LogP) is 4.80. The molecular weight excluding hydrogens is 409 g/mol. The Morgan fingerprint density at radius 1 is 1.12 bits per heavy atom. The summed E-state index contributed by atoms with van der Waals surface area (Å²) in [7, 11) is 3.96. The van der Waals surface area contributed by atoms with E-state index in [4.69, 9.17) is 4.74 Å². The summed E-state index contributed by atoms with van der Waals surface area (Å²) >= 11 is 0. The second-order valence-electron chi connectivity index (χ2n) is 7.51. The van der Waals surface area contributed by atoms with Crippen LogP contribution in [0.25, 0.3) is 0 Å². The Balaban J connectivity index is 1.69. The van der Waals surface area contributed by atoms with Crippen molar-refractivity contribution in [1.29, 1.82) is 0 Å². The van der Waals surface area contributed by atoms with Gasteiger partial charge in [-0.3, -0.25) is 4.79 Å². The van der Waals surface area contributed by atoms with Crippen molar-refractivity contribution in [1.82, 2.24) is 14.9 Å². The molecule has 0 aliphatic heterocycles. The first-order valence-corrected chi connectivity index (χ1v) is 10.1. The number of nitrogens with one attached hydrogen (secondary N) is 2. The smallest absolute Gasteiger partial charge is 0.229 e. The molecule has 0 radical (unpaired) electrons. The fraction of sp³-hybridized carbons (Fsp3) is 0.208. The zero-order chi connectivity index (χ0) is 23.1. The normalized spacial score (nSPS) is 10.7. The Bertz CT molecular complexity index is 1100. The van der Waals surface area contributed by atoms with Gasteiger partial charge in [0, 0.05) is 29.5 Å². The van der Waals surface area contributed by atoms with Crippen molar-refractivity contribution in [2.24, 2.45) is 0 Å². The predicted molar refractivity (Wildman–Crippen MR) is 125 cm³/mol. The number of halogens is 1. The van der Waals surface area contributed by atoms with Crippen LogP contribution in [-0.2, 0) is 0 Å². The average molecular weight is 436 g/mol. The van der Waals surface area contributed by atoms with E-state index in [1.807, 2.05) is 43.3 Å². The standard InChI is InChI=1S/C24H26FN5O2/c1-16(2)22(31)17-8-10-18(11-9-17)27-23-21(25)15-26-24(29-23)28-19-6-5-7-20(14-19)32-13-12-30(3)4/h5-11,14-15H,1,12-13H2,2-4H3,(H2,26,27,28,29). The number of carbonyl (C=O) groups is 1. The van der Waals surface area contributed by atoms with E-state index in [1.165, 1.54) is 0 Å². The number of ether oxygens (including phenoxy) is 1. The van der Waals surface area contributed by atoms with E-state index in [2.05, 4.69) is 27.2 Å². The number of carbonyl (C=O) groups excluding carboxylic acids is 1. The van der Waals surface area contributed by atoms with Crippen LogP contribution in [0.3, 0.4) is 0 Å². The van der Waals surface area contributed by atoms with E-state index in [0.717, 1.165) is 12.7 Å². The number of rotatable bonds is 10. The molecule has 0 fully saturated rings. The maximum Gasteiger partial charge on any atom is 0.229 e. The summed E-state index contributed by atoms with van der Waals surface area (Å²) in [5, 5.41) is 5.97. The van der Waals surface area contributed by atoms with Gasteiger partial charge in [-0.05, 0) is 63.0 Å². The van der Waals surface area contributed by atoms with Gasteiger partial charge in [0.15, 0.2) is 17.4 Å². The fourth-order valence-electron chi connectivity index (χ4n) is 2.74. The van der Waals surface area contributed by atoms with Gasteiger partial charge in [0.25, 0.3) is 0 Å². The molecular formula is C24H26FN5O2. The molecule has 166 valence electrons. The molecule has 0 unspecified atom stereocenters. The number of likely N-dealkylation sites (N-methyl/N-ethyl adjacent to an activating group) is 1. The molecule has 0 amide bonds.